The first kappa shape index (κ1) is 6.99. The number of hydrogen-bond donors (Lipinski definition) is 2. The molecule has 1 saturated heterocycles. The molecule has 0 amide bonds. The van der Waals surface area contributed by atoms with E-state index in [1.54, 1.807) is 0 Å². The Bertz CT molecular complexity index is 68.7. The van der Waals surface area contributed by atoms with Crippen molar-refractivity contribution in [2.75, 3.05) is 32.8 Å². The zero-order valence-electron chi connectivity index (χ0n) is 5.51. The summed E-state index contributed by atoms with van der Waals surface area (Å²) in [6.07, 6.45) is 0. The fraction of sp³-hybridized carbons (Fsp3) is 0.833. The molecule has 0 saturated carbocycles. The summed E-state index contributed by atoms with van der Waals surface area (Å²) in [7, 11) is 0. The van der Waals surface area contributed by atoms with Gasteiger partial charge in [0.1, 0.15) is 0 Å². The maximum atomic E-state index is 8.54. The molecule has 3 nitrogen and oxygen atoms in total. The van der Waals surface area contributed by atoms with Crippen LogP contribution in [0.25, 0.3) is 0 Å². The van der Waals surface area contributed by atoms with Gasteiger partial charge in [0.15, 0.2) is 0 Å². The average molecular weight is 129 g/mol. The van der Waals surface area contributed by atoms with E-state index in [1.807, 2.05) is 6.54 Å². The second-order valence-corrected chi connectivity index (χ2v) is 2.18. The lowest BCUT2D eigenvalue weighted by Gasteiger charge is -2.25. The molecule has 2 N–H and O–H groups in total. The van der Waals surface area contributed by atoms with Crippen LogP contribution in [0.4, 0.5) is 0 Å². The van der Waals surface area contributed by atoms with Crippen LogP contribution >= 0.6 is 0 Å². The van der Waals surface area contributed by atoms with Crippen LogP contribution in [0.1, 0.15) is 0 Å². The molecule has 0 bridgehead atoms. The van der Waals surface area contributed by atoms with Crippen LogP contribution < -0.4 is 5.32 Å². The molecular weight excluding hydrogens is 116 g/mol. The SMILES string of the molecule is OCCN1C[CH]NCC1. The van der Waals surface area contributed by atoms with Crippen molar-refractivity contribution in [2.45, 2.75) is 0 Å². The highest BCUT2D eigenvalue weighted by atomic mass is 16.3. The van der Waals surface area contributed by atoms with E-state index < -0.39 is 0 Å². The molecule has 0 unspecified atom stereocenters. The summed E-state index contributed by atoms with van der Waals surface area (Å²) in [6.45, 7) is 6.13. The molecule has 0 spiro atoms. The van der Waals surface area contributed by atoms with Gasteiger partial charge in [-0.15, -0.1) is 0 Å². The van der Waals surface area contributed by atoms with Crippen LogP contribution in [0.15, 0.2) is 0 Å². The van der Waals surface area contributed by atoms with Gasteiger partial charge in [-0.3, -0.25) is 4.90 Å². The van der Waals surface area contributed by atoms with Gasteiger partial charge in [0.05, 0.1) is 6.61 Å². The number of piperazine rings is 1. The summed E-state index contributed by atoms with van der Waals surface area (Å²) in [5, 5.41) is 11.7. The highest BCUT2D eigenvalue weighted by molar-refractivity contribution is 4.75. The van der Waals surface area contributed by atoms with Crippen LogP contribution in [-0.2, 0) is 0 Å². The maximum absolute atomic E-state index is 8.54. The number of rotatable bonds is 2. The molecule has 1 rings (SSSR count). The predicted molar refractivity (Wildman–Crippen MR) is 35.8 cm³/mol. The Morgan fingerprint density at radius 1 is 1.67 bits per heavy atom. The van der Waals surface area contributed by atoms with Gasteiger partial charge in [-0.2, -0.15) is 0 Å². The Balaban J connectivity index is 2.08. The quantitative estimate of drug-likeness (QED) is 0.504. The molecule has 3 heteroatoms. The minimum Gasteiger partial charge on any atom is -0.395 e. The number of β-amino-alcohol motifs (C(OH)–C–C–N with tert-alkyl or cyclic N) is 1. The predicted octanol–water partition coefficient (Wildman–Crippen LogP) is -0.954. The summed E-state index contributed by atoms with van der Waals surface area (Å²) in [5.41, 5.74) is 0. The Kier molecular flexibility index (Phi) is 2.97. The summed E-state index contributed by atoms with van der Waals surface area (Å²) >= 11 is 0. The van der Waals surface area contributed by atoms with Gasteiger partial charge < -0.3 is 10.4 Å². The van der Waals surface area contributed by atoms with Gasteiger partial charge in [-0.1, -0.05) is 0 Å². The minimum atomic E-state index is 0.272. The standard InChI is InChI=1S/C6H13N2O/c9-6-5-8-3-1-7-2-4-8/h1,7,9H,2-6H2. The summed E-state index contributed by atoms with van der Waals surface area (Å²) in [5.74, 6) is 0. The highest BCUT2D eigenvalue weighted by Gasteiger charge is 2.07. The van der Waals surface area contributed by atoms with Crippen molar-refractivity contribution in [1.82, 2.24) is 10.2 Å². The van der Waals surface area contributed by atoms with Crippen molar-refractivity contribution in [3.05, 3.63) is 6.54 Å². The van der Waals surface area contributed by atoms with E-state index in [9.17, 15) is 0 Å². The molecule has 1 aliphatic heterocycles. The number of aliphatic hydroxyl groups excluding tert-OH is 1. The average Bonchev–Trinajstić information content (AvgIpc) is 1.91. The molecule has 0 aromatic rings. The van der Waals surface area contributed by atoms with Gasteiger partial charge in [0, 0.05) is 32.7 Å². The fourth-order valence-electron chi connectivity index (χ4n) is 0.954. The van der Waals surface area contributed by atoms with Gasteiger partial charge in [-0.05, 0) is 0 Å². The molecule has 1 fully saturated rings. The second kappa shape index (κ2) is 3.82. The minimum absolute atomic E-state index is 0.272. The normalized spacial score (nSPS) is 22.3. The zero-order valence-corrected chi connectivity index (χ0v) is 5.51. The monoisotopic (exact) mass is 129 g/mol. The summed E-state index contributed by atoms with van der Waals surface area (Å²) in [4.78, 5) is 2.20. The van der Waals surface area contributed by atoms with E-state index in [4.69, 9.17) is 5.11 Å². The van der Waals surface area contributed by atoms with Gasteiger partial charge >= 0.3 is 0 Å². The molecule has 9 heavy (non-hydrogen) atoms. The molecular formula is C6H13N2O. The smallest absolute Gasteiger partial charge is 0.0558 e. The van der Waals surface area contributed by atoms with Crippen molar-refractivity contribution in [3.63, 3.8) is 0 Å². The number of aliphatic hydroxyl groups is 1. The van der Waals surface area contributed by atoms with Crippen LogP contribution in [0.3, 0.4) is 0 Å². The third-order valence-corrected chi connectivity index (χ3v) is 1.48. The molecule has 0 aromatic heterocycles. The van der Waals surface area contributed by atoms with Crippen LogP contribution in [0.5, 0.6) is 0 Å². The van der Waals surface area contributed by atoms with Crippen LogP contribution in [0.2, 0.25) is 0 Å². The Labute approximate surface area is 55.7 Å². The lowest BCUT2D eigenvalue weighted by atomic mass is 10.4. The molecule has 1 radical (unpaired) electrons. The van der Waals surface area contributed by atoms with Gasteiger partial charge in [0.25, 0.3) is 0 Å². The Morgan fingerprint density at radius 2 is 2.56 bits per heavy atom. The van der Waals surface area contributed by atoms with Crippen molar-refractivity contribution >= 4 is 0 Å². The van der Waals surface area contributed by atoms with Crippen LogP contribution in [-0.4, -0.2) is 42.8 Å². The fourth-order valence-corrected chi connectivity index (χ4v) is 0.954. The lowest BCUT2D eigenvalue weighted by molar-refractivity contribution is 0.192. The number of hydrogen-bond acceptors (Lipinski definition) is 3. The van der Waals surface area contributed by atoms with E-state index in [0.717, 1.165) is 26.2 Å². The molecule has 1 heterocycles. The Hall–Kier alpha value is -0.120. The highest BCUT2D eigenvalue weighted by Crippen LogP contribution is 1.91. The zero-order chi connectivity index (χ0) is 6.53. The molecule has 0 aliphatic carbocycles. The lowest BCUT2D eigenvalue weighted by Crippen LogP contribution is -2.41. The maximum Gasteiger partial charge on any atom is 0.0558 e. The summed E-state index contributed by atoms with van der Waals surface area (Å²) in [6, 6.07) is 0. The summed E-state index contributed by atoms with van der Waals surface area (Å²) < 4.78 is 0. The van der Waals surface area contributed by atoms with E-state index in [2.05, 4.69) is 10.2 Å². The number of nitrogens with one attached hydrogen (secondary N) is 1. The molecule has 1 aliphatic rings. The van der Waals surface area contributed by atoms with Crippen molar-refractivity contribution in [1.29, 1.82) is 0 Å². The first-order chi connectivity index (χ1) is 4.43. The second-order valence-electron chi connectivity index (χ2n) is 2.18. The number of nitrogens with zero attached hydrogens (tertiary/aromatic N) is 1. The topological polar surface area (TPSA) is 35.5 Å². The third kappa shape index (κ3) is 2.30. The van der Waals surface area contributed by atoms with Gasteiger partial charge in [0.2, 0.25) is 0 Å². The first-order valence-electron chi connectivity index (χ1n) is 3.32. The third-order valence-electron chi connectivity index (χ3n) is 1.48. The Morgan fingerprint density at radius 3 is 3.11 bits per heavy atom. The molecule has 0 aromatic carbocycles. The molecule has 53 valence electrons. The molecule has 0 atom stereocenters. The van der Waals surface area contributed by atoms with Crippen molar-refractivity contribution < 1.29 is 5.11 Å². The van der Waals surface area contributed by atoms with E-state index in [0.29, 0.717) is 0 Å². The van der Waals surface area contributed by atoms with Gasteiger partial charge in [-0.25, -0.2) is 0 Å². The van der Waals surface area contributed by atoms with E-state index in [1.165, 1.54) is 0 Å². The van der Waals surface area contributed by atoms with Crippen molar-refractivity contribution in [2.24, 2.45) is 0 Å². The van der Waals surface area contributed by atoms with Crippen LogP contribution in [0, 0.1) is 6.54 Å². The van der Waals surface area contributed by atoms with E-state index >= 15 is 0 Å². The van der Waals surface area contributed by atoms with Crippen molar-refractivity contribution in [3.8, 4) is 0 Å². The first-order valence-corrected chi connectivity index (χ1v) is 3.32. The largest absolute Gasteiger partial charge is 0.395 e. The van der Waals surface area contributed by atoms with E-state index in [-0.39, 0.29) is 6.61 Å².